The Morgan fingerprint density at radius 2 is 1.97 bits per heavy atom. The van der Waals surface area contributed by atoms with Gasteiger partial charge in [0, 0.05) is 31.1 Å². The summed E-state index contributed by atoms with van der Waals surface area (Å²) in [7, 11) is 1.87. The van der Waals surface area contributed by atoms with Crippen molar-refractivity contribution in [3.63, 3.8) is 0 Å². The van der Waals surface area contributed by atoms with E-state index in [-0.39, 0.29) is 35.6 Å². The van der Waals surface area contributed by atoms with Crippen LogP contribution in [0, 0.1) is 12.8 Å². The highest BCUT2D eigenvalue weighted by Crippen LogP contribution is 2.63. The maximum Gasteiger partial charge on any atom is 0.226 e. The van der Waals surface area contributed by atoms with E-state index in [1.54, 1.807) is 18.6 Å². The van der Waals surface area contributed by atoms with Gasteiger partial charge in [-0.15, -0.1) is 0 Å². The van der Waals surface area contributed by atoms with Gasteiger partial charge in [-0.2, -0.15) is 0 Å². The number of piperidine rings is 1. The van der Waals surface area contributed by atoms with Crippen LogP contribution in [0.15, 0.2) is 35.1 Å². The van der Waals surface area contributed by atoms with Crippen molar-refractivity contribution in [1.29, 1.82) is 0 Å². The van der Waals surface area contributed by atoms with Gasteiger partial charge in [0.15, 0.2) is 11.5 Å². The summed E-state index contributed by atoms with van der Waals surface area (Å²) in [6.45, 7) is 5.34. The van der Waals surface area contributed by atoms with Crippen molar-refractivity contribution < 1.29 is 29.3 Å². The molecule has 2 aromatic rings. The van der Waals surface area contributed by atoms with Crippen LogP contribution in [0.1, 0.15) is 68.1 Å². The summed E-state index contributed by atoms with van der Waals surface area (Å²) in [5, 5.41) is 34.3. The van der Waals surface area contributed by atoms with E-state index in [9.17, 15) is 20.1 Å². The van der Waals surface area contributed by atoms with E-state index in [2.05, 4.69) is 11.8 Å². The molecule has 1 aromatic carbocycles. The maximum atomic E-state index is 13.7. The summed E-state index contributed by atoms with van der Waals surface area (Å²) < 4.78 is 11.9. The molecule has 5 aliphatic rings. The molecular formula is C30H38N2O6. The second-order valence-electron chi connectivity index (χ2n) is 12.7. The first-order valence-corrected chi connectivity index (χ1v) is 14.1. The molecule has 38 heavy (non-hydrogen) atoms. The topological polar surface area (TPSA) is 107 Å². The Morgan fingerprint density at radius 1 is 1.18 bits per heavy atom. The number of rotatable bonds is 5. The number of likely N-dealkylation sites (N-methyl/N-ethyl adjacent to an activating group) is 1. The first kappa shape index (κ1) is 24.5. The van der Waals surface area contributed by atoms with E-state index >= 15 is 0 Å². The van der Waals surface area contributed by atoms with Gasteiger partial charge >= 0.3 is 0 Å². The quantitative estimate of drug-likeness (QED) is 0.554. The molecule has 8 heteroatoms. The van der Waals surface area contributed by atoms with Gasteiger partial charge < -0.3 is 29.4 Å². The number of benzene rings is 1. The molecule has 0 bridgehead atoms. The highest BCUT2D eigenvalue weighted by molar-refractivity contribution is 5.83. The predicted octanol–water partition coefficient (Wildman–Crippen LogP) is 3.07. The number of fused-ring (bicyclic) bond motifs is 1. The normalized spacial score (nSPS) is 38.5. The molecule has 3 N–H and O–H groups in total. The van der Waals surface area contributed by atoms with Gasteiger partial charge in [0.05, 0.1) is 35.2 Å². The standard InChI is InChI=1S/C30H38N2O6/c1-17-4-5-23(33)25-24(17)29-11-12-32(16-28(35)9-10-28)18(2)30(29,36)8-6-22(26(29)38-25)31(3)27(34)21-14-20(21)19-7-13-37-15-19/h4-5,7,13,15,18,20-22,26,33,35-36H,6,8-12,14,16H2,1-3H3/t18-,20?,21?,22?,26+,29+,30-/m1/s1. The number of likely N-dealkylation sites (tertiary alicyclic amines) is 1. The number of carbonyl (C=O) groups excluding carboxylic acids is 1. The molecule has 7 atom stereocenters. The van der Waals surface area contributed by atoms with Crippen LogP contribution >= 0.6 is 0 Å². The summed E-state index contributed by atoms with van der Waals surface area (Å²) in [6.07, 6.45) is 7.06. The van der Waals surface area contributed by atoms with E-state index in [1.165, 1.54) is 0 Å². The number of amides is 1. The number of furan rings is 1. The van der Waals surface area contributed by atoms with Crippen molar-refractivity contribution in [1.82, 2.24) is 9.80 Å². The largest absolute Gasteiger partial charge is 0.504 e. The van der Waals surface area contributed by atoms with Crippen LogP contribution in [0.4, 0.5) is 0 Å². The second-order valence-corrected chi connectivity index (χ2v) is 12.7. The predicted molar refractivity (Wildman–Crippen MR) is 139 cm³/mol. The van der Waals surface area contributed by atoms with Crippen molar-refractivity contribution >= 4 is 5.91 Å². The smallest absolute Gasteiger partial charge is 0.226 e. The number of aryl methyl sites for hydroxylation is 1. The molecule has 1 amide bonds. The first-order valence-electron chi connectivity index (χ1n) is 14.1. The van der Waals surface area contributed by atoms with E-state index in [4.69, 9.17) is 9.15 Å². The molecule has 1 aromatic heterocycles. The molecule has 3 unspecified atom stereocenters. The zero-order chi connectivity index (χ0) is 26.6. The second kappa shape index (κ2) is 7.99. The first-order chi connectivity index (χ1) is 18.1. The fraction of sp³-hybridized carbons (Fsp3) is 0.633. The summed E-state index contributed by atoms with van der Waals surface area (Å²) in [5.41, 5.74) is 0.385. The van der Waals surface area contributed by atoms with E-state index in [0.717, 1.165) is 36.0 Å². The summed E-state index contributed by atoms with van der Waals surface area (Å²) in [5.74, 6) is 0.735. The summed E-state index contributed by atoms with van der Waals surface area (Å²) in [4.78, 5) is 17.8. The number of aliphatic hydroxyl groups is 2. The van der Waals surface area contributed by atoms with Crippen molar-refractivity contribution in [3.8, 4) is 11.5 Å². The maximum absolute atomic E-state index is 13.7. The van der Waals surface area contributed by atoms with Crippen LogP contribution in [-0.4, -0.2) is 80.6 Å². The van der Waals surface area contributed by atoms with Gasteiger partial charge in [-0.05, 0) is 88.1 Å². The number of hydrogen-bond donors (Lipinski definition) is 3. The van der Waals surface area contributed by atoms with Crippen LogP contribution in [0.5, 0.6) is 11.5 Å². The lowest BCUT2D eigenvalue weighted by Gasteiger charge is -2.62. The molecule has 0 radical (unpaired) electrons. The monoisotopic (exact) mass is 522 g/mol. The molecule has 204 valence electrons. The average Bonchev–Trinajstić information content (AvgIpc) is 3.73. The van der Waals surface area contributed by atoms with Crippen LogP contribution < -0.4 is 4.74 Å². The molecule has 3 heterocycles. The van der Waals surface area contributed by atoms with Crippen LogP contribution in [0.25, 0.3) is 0 Å². The molecule has 3 aliphatic carbocycles. The highest BCUT2D eigenvalue weighted by atomic mass is 16.5. The lowest BCUT2D eigenvalue weighted by Crippen LogP contribution is -2.76. The Bertz CT molecular complexity index is 1270. The SMILES string of the molecule is Cc1ccc(O)c2c1[C@]13CCN(CC4(O)CC4)[C@H](C)[C@]1(O)CCC(N(C)C(=O)C1CC1c1ccoc1)[C@@H]3O2. The van der Waals surface area contributed by atoms with Gasteiger partial charge in [0.1, 0.15) is 6.10 Å². The van der Waals surface area contributed by atoms with E-state index < -0.39 is 22.7 Å². The van der Waals surface area contributed by atoms with Gasteiger partial charge in [0.25, 0.3) is 0 Å². The number of hydrogen-bond acceptors (Lipinski definition) is 7. The van der Waals surface area contributed by atoms with Crippen LogP contribution in [-0.2, 0) is 10.2 Å². The zero-order valence-corrected chi connectivity index (χ0v) is 22.4. The Balaban J connectivity index is 1.25. The number of ether oxygens (including phenoxy) is 1. The number of aromatic hydroxyl groups is 1. The summed E-state index contributed by atoms with van der Waals surface area (Å²) in [6, 6.07) is 5.05. The van der Waals surface area contributed by atoms with Gasteiger partial charge in [0.2, 0.25) is 5.91 Å². The van der Waals surface area contributed by atoms with Gasteiger partial charge in [-0.3, -0.25) is 9.69 Å². The van der Waals surface area contributed by atoms with E-state index in [0.29, 0.717) is 38.1 Å². The molecule has 3 saturated carbocycles. The minimum absolute atomic E-state index is 0.0756. The Morgan fingerprint density at radius 3 is 2.68 bits per heavy atom. The van der Waals surface area contributed by atoms with Crippen molar-refractivity contribution in [3.05, 3.63) is 47.4 Å². The Hall–Kier alpha value is -2.55. The Kier molecular flexibility index (Phi) is 5.15. The lowest BCUT2D eigenvalue weighted by molar-refractivity contribution is -0.195. The van der Waals surface area contributed by atoms with Crippen molar-refractivity contribution in [2.75, 3.05) is 20.1 Å². The number of nitrogens with zero attached hydrogens (tertiary/aromatic N) is 2. The zero-order valence-electron chi connectivity index (χ0n) is 22.4. The molecule has 8 nitrogen and oxygen atoms in total. The molecule has 1 spiro atoms. The molecule has 4 fully saturated rings. The van der Waals surface area contributed by atoms with Crippen LogP contribution in [0.3, 0.4) is 0 Å². The third-order valence-electron chi connectivity index (χ3n) is 10.7. The average molecular weight is 523 g/mol. The fourth-order valence-corrected chi connectivity index (χ4v) is 8.25. The third-order valence-corrected chi connectivity index (χ3v) is 10.7. The number of phenolic OH excluding ortho intramolecular Hbond substituents is 1. The van der Waals surface area contributed by atoms with Crippen molar-refractivity contribution in [2.24, 2.45) is 5.92 Å². The minimum atomic E-state index is -1.13. The minimum Gasteiger partial charge on any atom is -0.504 e. The molecule has 2 aliphatic heterocycles. The van der Waals surface area contributed by atoms with Gasteiger partial charge in [-0.25, -0.2) is 0 Å². The lowest BCUT2D eigenvalue weighted by atomic mass is 9.51. The van der Waals surface area contributed by atoms with Gasteiger partial charge in [-0.1, -0.05) is 6.07 Å². The number of carbonyl (C=O) groups is 1. The third kappa shape index (κ3) is 3.23. The fourth-order valence-electron chi connectivity index (χ4n) is 8.25. The molecular weight excluding hydrogens is 484 g/mol. The number of phenols is 1. The Labute approximate surface area is 223 Å². The van der Waals surface area contributed by atoms with E-state index in [1.807, 2.05) is 31.0 Å². The van der Waals surface area contributed by atoms with Crippen molar-refractivity contribution in [2.45, 2.75) is 93.1 Å². The summed E-state index contributed by atoms with van der Waals surface area (Å²) >= 11 is 0. The highest BCUT2D eigenvalue weighted by Gasteiger charge is 2.71. The molecule has 1 saturated heterocycles. The van der Waals surface area contributed by atoms with Crippen LogP contribution in [0.2, 0.25) is 0 Å². The number of β-amino-alcohol motifs (C(OH)–C–C–N with tert-alkyl or cyclic N) is 1. The molecule has 7 rings (SSSR count).